The predicted molar refractivity (Wildman–Crippen MR) is 189 cm³/mol. The number of rotatable bonds is 5. The van der Waals surface area contributed by atoms with Gasteiger partial charge >= 0.3 is 17.9 Å². The molecule has 6 bridgehead atoms. The fraction of sp³-hybridized carbons (Fsp3) is 0.756. The molecule has 8 atom stereocenters. The first-order valence-electron chi connectivity index (χ1n) is 17.8. The quantitative estimate of drug-likeness (QED) is 0.235. The molecule has 0 spiro atoms. The third-order valence-corrected chi connectivity index (χ3v) is 15.2. The van der Waals surface area contributed by atoms with Crippen LogP contribution in [0.1, 0.15) is 134 Å². The monoisotopic (exact) mass is 653 g/mol. The second-order valence-electron chi connectivity index (χ2n) is 17.9. The maximum absolute atomic E-state index is 11.6. The standard InChI is InChI=1S/C14H22O2.C13H20O2.C10H17.C4H6O2/c1-9(2)12(15)16-11-8-10-6-7-14(11,5)13(10,3)4;1-5-11(14)15-10-8-9-6-7-13(10,4)12(9,2)3;1-9(2)8-4-6-10(9,3)7-5-8;1-3(2)4(5)6/h10-11H,1,6-8H2,2-5H3;5,9-10H,1,6-8H2,2-4H3;6,8H,4-5,7H2,1-3H3;1H2,2H3,(H,5,6)/t10-,11?,14-;9-,10?,13-;8-,10-;/m110./s1. The Labute approximate surface area is 286 Å². The van der Waals surface area contributed by atoms with Crippen LogP contribution in [0.2, 0.25) is 0 Å². The fourth-order valence-electron chi connectivity index (χ4n) is 9.84. The molecule has 0 aliphatic heterocycles. The first-order chi connectivity index (χ1) is 21.4. The molecule has 6 nitrogen and oxygen atoms in total. The van der Waals surface area contributed by atoms with Gasteiger partial charge in [0.1, 0.15) is 12.2 Å². The number of esters is 2. The van der Waals surface area contributed by atoms with Crippen LogP contribution in [0.5, 0.6) is 0 Å². The summed E-state index contributed by atoms with van der Waals surface area (Å²) in [5.74, 6) is 0.984. The lowest BCUT2D eigenvalue weighted by Gasteiger charge is -2.38. The number of hydrogen-bond acceptors (Lipinski definition) is 5. The molecule has 0 aromatic heterocycles. The summed E-state index contributed by atoms with van der Waals surface area (Å²) in [6, 6.07) is 0. The fourth-order valence-corrected chi connectivity index (χ4v) is 9.84. The number of aliphatic carboxylic acids is 1. The van der Waals surface area contributed by atoms with Crippen LogP contribution in [0.3, 0.4) is 0 Å². The molecule has 6 saturated carbocycles. The van der Waals surface area contributed by atoms with Gasteiger partial charge < -0.3 is 14.6 Å². The van der Waals surface area contributed by atoms with Crippen molar-refractivity contribution < 1.29 is 29.0 Å². The number of carbonyl (C=O) groups is 3. The van der Waals surface area contributed by atoms with Gasteiger partial charge in [0.25, 0.3) is 0 Å². The van der Waals surface area contributed by atoms with Crippen molar-refractivity contribution in [2.24, 2.45) is 50.2 Å². The van der Waals surface area contributed by atoms with Gasteiger partial charge in [-0.3, -0.25) is 0 Å². The molecule has 265 valence electrons. The number of carboxylic acid groups (broad SMARTS) is 1. The van der Waals surface area contributed by atoms with Crippen LogP contribution < -0.4 is 0 Å². The van der Waals surface area contributed by atoms with E-state index in [-0.39, 0.29) is 40.5 Å². The van der Waals surface area contributed by atoms with Gasteiger partial charge in [0.2, 0.25) is 0 Å². The molecule has 0 heterocycles. The van der Waals surface area contributed by atoms with Crippen molar-refractivity contribution in [3.8, 4) is 0 Å². The smallest absolute Gasteiger partial charge is 0.333 e. The van der Waals surface area contributed by atoms with Crippen molar-refractivity contribution in [1.29, 1.82) is 0 Å². The maximum atomic E-state index is 11.6. The Bertz CT molecular complexity index is 1230. The summed E-state index contributed by atoms with van der Waals surface area (Å²) in [5, 5.41) is 7.89. The normalized spacial score (nSPS) is 38.4. The molecule has 1 N–H and O–H groups in total. The van der Waals surface area contributed by atoms with E-state index in [0.717, 1.165) is 18.8 Å². The van der Waals surface area contributed by atoms with Gasteiger partial charge in [-0.25, -0.2) is 14.4 Å². The average Bonchev–Trinajstić information content (AvgIpc) is 3.64. The Morgan fingerprint density at radius 3 is 1.34 bits per heavy atom. The SMILES string of the molecule is C=C(C)C(=O)O.C=C(C)C(=O)OC1C[C@H]2CC[C@@]1(C)C2(C)C.C=CC(=O)OC1C[C@H]2CC[C@@]1(C)C2(C)C.CC1(C)[C@H]2C[CH][C@@]1(C)CC2. The summed E-state index contributed by atoms with van der Waals surface area (Å²) in [5.41, 5.74) is 2.79. The Morgan fingerprint density at radius 2 is 1.13 bits per heavy atom. The molecule has 6 aliphatic carbocycles. The molecule has 47 heavy (non-hydrogen) atoms. The highest BCUT2D eigenvalue weighted by molar-refractivity contribution is 5.87. The molecule has 0 aromatic carbocycles. The first-order valence-corrected chi connectivity index (χ1v) is 17.8. The van der Waals surface area contributed by atoms with Crippen molar-refractivity contribution in [3.63, 3.8) is 0 Å². The Morgan fingerprint density at radius 1 is 0.702 bits per heavy atom. The molecule has 2 unspecified atom stereocenters. The summed E-state index contributed by atoms with van der Waals surface area (Å²) in [7, 11) is 0. The van der Waals surface area contributed by atoms with E-state index in [2.05, 4.69) is 88.5 Å². The van der Waals surface area contributed by atoms with E-state index in [1.165, 1.54) is 57.9 Å². The summed E-state index contributed by atoms with van der Waals surface area (Å²) >= 11 is 0. The predicted octanol–water partition coefficient (Wildman–Crippen LogP) is 9.93. The van der Waals surface area contributed by atoms with E-state index in [0.29, 0.717) is 39.1 Å². The van der Waals surface area contributed by atoms with Crippen LogP contribution in [0.25, 0.3) is 0 Å². The summed E-state index contributed by atoms with van der Waals surface area (Å²) in [4.78, 5) is 32.5. The lowest BCUT2D eigenvalue weighted by molar-refractivity contribution is -0.152. The number of carbonyl (C=O) groups excluding carboxylic acids is 2. The number of hydrogen-bond donors (Lipinski definition) is 1. The lowest BCUT2D eigenvalue weighted by atomic mass is 9.70. The Balaban J connectivity index is 0.000000180. The van der Waals surface area contributed by atoms with Crippen LogP contribution in [-0.4, -0.2) is 35.2 Å². The minimum absolute atomic E-state index is 0.0884. The van der Waals surface area contributed by atoms with Gasteiger partial charge in [-0.15, -0.1) is 0 Å². The van der Waals surface area contributed by atoms with Gasteiger partial charge in [0, 0.05) is 28.1 Å². The van der Waals surface area contributed by atoms with Crippen molar-refractivity contribution in [3.05, 3.63) is 43.4 Å². The zero-order valence-electron chi connectivity index (χ0n) is 31.5. The highest BCUT2D eigenvalue weighted by Crippen LogP contribution is 2.67. The summed E-state index contributed by atoms with van der Waals surface area (Å²) < 4.78 is 11.1. The zero-order chi connectivity index (χ0) is 36.0. The average molecular weight is 654 g/mol. The van der Waals surface area contributed by atoms with Gasteiger partial charge in [0.05, 0.1) is 0 Å². The molecular weight excluding hydrogens is 588 g/mol. The summed E-state index contributed by atoms with van der Waals surface area (Å²) in [6.07, 6.45) is 15.3. The summed E-state index contributed by atoms with van der Waals surface area (Å²) in [6.45, 7) is 34.5. The molecular formula is C41H65O6. The van der Waals surface area contributed by atoms with Gasteiger partial charge in [-0.05, 0) is 117 Å². The van der Waals surface area contributed by atoms with Crippen LogP contribution in [-0.2, 0) is 23.9 Å². The van der Waals surface area contributed by atoms with Crippen LogP contribution in [0.4, 0.5) is 0 Å². The van der Waals surface area contributed by atoms with E-state index in [9.17, 15) is 14.4 Å². The van der Waals surface area contributed by atoms with Crippen LogP contribution in [0.15, 0.2) is 37.0 Å². The van der Waals surface area contributed by atoms with E-state index in [4.69, 9.17) is 14.6 Å². The van der Waals surface area contributed by atoms with Gasteiger partial charge in [-0.2, -0.15) is 0 Å². The minimum Gasteiger partial charge on any atom is -0.478 e. The lowest BCUT2D eigenvalue weighted by Crippen LogP contribution is -2.38. The highest BCUT2D eigenvalue weighted by atomic mass is 16.5. The van der Waals surface area contributed by atoms with Crippen molar-refractivity contribution in [2.45, 2.75) is 146 Å². The third-order valence-electron chi connectivity index (χ3n) is 15.2. The van der Waals surface area contributed by atoms with E-state index in [1.807, 2.05) is 0 Å². The topological polar surface area (TPSA) is 89.9 Å². The highest BCUT2D eigenvalue weighted by Gasteiger charge is 2.64. The van der Waals surface area contributed by atoms with Crippen LogP contribution in [0, 0.1) is 56.7 Å². The molecule has 0 aromatic rings. The molecule has 6 aliphatic rings. The molecule has 6 rings (SSSR count). The molecule has 0 saturated heterocycles. The van der Waals surface area contributed by atoms with Gasteiger partial charge in [0.15, 0.2) is 0 Å². The van der Waals surface area contributed by atoms with Crippen molar-refractivity contribution >= 4 is 17.9 Å². The van der Waals surface area contributed by atoms with Crippen molar-refractivity contribution in [1.82, 2.24) is 0 Å². The second kappa shape index (κ2) is 13.5. The number of fused-ring (bicyclic) bond motifs is 6. The molecule has 6 heteroatoms. The maximum Gasteiger partial charge on any atom is 0.333 e. The number of carboxylic acids is 1. The first kappa shape index (κ1) is 39.1. The van der Waals surface area contributed by atoms with E-state index >= 15 is 0 Å². The third kappa shape index (κ3) is 6.91. The van der Waals surface area contributed by atoms with Crippen LogP contribution >= 0.6 is 0 Å². The Hall–Kier alpha value is -2.37. The second-order valence-corrected chi connectivity index (χ2v) is 17.9. The Kier molecular flexibility index (Phi) is 11.2. The van der Waals surface area contributed by atoms with E-state index < -0.39 is 5.97 Å². The molecule has 6 fully saturated rings. The van der Waals surface area contributed by atoms with Gasteiger partial charge in [-0.1, -0.05) is 82.1 Å². The largest absolute Gasteiger partial charge is 0.478 e. The minimum atomic E-state index is -0.935. The molecule has 0 amide bonds. The zero-order valence-corrected chi connectivity index (χ0v) is 31.5. The van der Waals surface area contributed by atoms with E-state index in [1.54, 1.807) is 6.92 Å². The molecule has 1 radical (unpaired) electrons. The van der Waals surface area contributed by atoms with Crippen molar-refractivity contribution in [2.75, 3.05) is 0 Å². The number of ether oxygens (including phenoxy) is 2.